The molecule has 0 fully saturated rings. The number of anilines is 1. The second kappa shape index (κ2) is 4.98. The van der Waals surface area contributed by atoms with Gasteiger partial charge in [-0.05, 0) is 11.6 Å². The monoisotopic (exact) mass is 271 g/mol. The lowest BCUT2D eigenvalue weighted by molar-refractivity contribution is -0.138. The van der Waals surface area contributed by atoms with Gasteiger partial charge in [0.1, 0.15) is 6.04 Å². The molecule has 90 valence electrons. The van der Waals surface area contributed by atoms with Crippen molar-refractivity contribution < 1.29 is 9.90 Å². The highest BCUT2D eigenvalue weighted by atomic mass is 35.5. The number of hydrogen-bond donors (Lipinski definition) is 1. The van der Waals surface area contributed by atoms with E-state index < -0.39 is 12.0 Å². The second-order valence-electron chi connectivity index (χ2n) is 3.87. The number of carbonyl (C=O) groups is 1. The van der Waals surface area contributed by atoms with Crippen molar-refractivity contribution in [1.29, 1.82) is 0 Å². The number of carboxylic acids is 1. The fraction of sp³-hybridized carbons (Fsp3) is 0.250. The van der Waals surface area contributed by atoms with Crippen molar-refractivity contribution in [3.63, 3.8) is 0 Å². The molecular formula is C12H11Cl2NO2. The summed E-state index contributed by atoms with van der Waals surface area (Å²) in [6, 6.07) is 7.05. The van der Waals surface area contributed by atoms with E-state index in [1.54, 1.807) is 4.90 Å². The van der Waals surface area contributed by atoms with E-state index in [0.717, 1.165) is 11.3 Å². The van der Waals surface area contributed by atoms with Crippen LogP contribution in [0.5, 0.6) is 0 Å². The molecule has 1 unspecified atom stereocenters. The van der Waals surface area contributed by atoms with Gasteiger partial charge in [0.25, 0.3) is 0 Å². The third-order valence-corrected chi connectivity index (χ3v) is 3.42. The van der Waals surface area contributed by atoms with E-state index in [1.165, 1.54) is 5.54 Å². The van der Waals surface area contributed by atoms with Crippen LogP contribution in [0.1, 0.15) is 5.56 Å². The summed E-state index contributed by atoms with van der Waals surface area (Å²) in [5.74, 6) is -0.847. The largest absolute Gasteiger partial charge is 0.480 e. The Bertz CT molecular complexity index is 473. The lowest BCUT2D eigenvalue weighted by Gasteiger charge is -2.24. The number of halogens is 2. The Kier molecular flexibility index (Phi) is 3.60. The van der Waals surface area contributed by atoms with Crippen LogP contribution in [-0.4, -0.2) is 23.7 Å². The molecule has 0 saturated carbocycles. The first-order valence-electron chi connectivity index (χ1n) is 5.15. The van der Waals surface area contributed by atoms with Gasteiger partial charge in [-0.15, -0.1) is 0 Å². The van der Waals surface area contributed by atoms with Crippen LogP contribution in [0.15, 0.2) is 34.8 Å². The highest BCUT2D eigenvalue weighted by Crippen LogP contribution is 2.33. The van der Waals surface area contributed by atoms with E-state index in [4.69, 9.17) is 23.2 Å². The highest BCUT2D eigenvalue weighted by molar-refractivity contribution is 6.36. The highest BCUT2D eigenvalue weighted by Gasteiger charge is 2.34. The third kappa shape index (κ3) is 2.40. The maximum Gasteiger partial charge on any atom is 0.326 e. The zero-order chi connectivity index (χ0) is 12.4. The summed E-state index contributed by atoms with van der Waals surface area (Å²) in [5, 5.41) is 9.63. The Labute approximate surface area is 109 Å². The Morgan fingerprint density at radius 3 is 2.88 bits per heavy atom. The quantitative estimate of drug-likeness (QED) is 0.919. The summed E-state index contributed by atoms with van der Waals surface area (Å²) in [6.45, 7) is 0.318. The smallest absolute Gasteiger partial charge is 0.326 e. The first kappa shape index (κ1) is 12.3. The van der Waals surface area contributed by atoms with Crippen molar-refractivity contribution in [2.75, 3.05) is 11.4 Å². The summed E-state index contributed by atoms with van der Waals surface area (Å²) in [7, 11) is 0. The van der Waals surface area contributed by atoms with Gasteiger partial charge in [0, 0.05) is 22.7 Å². The zero-order valence-corrected chi connectivity index (χ0v) is 10.4. The van der Waals surface area contributed by atoms with Crippen LogP contribution in [0.25, 0.3) is 0 Å². The van der Waals surface area contributed by atoms with E-state index in [9.17, 15) is 9.90 Å². The van der Waals surface area contributed by atoms with Gasteiger partial charge < -0.3 is 10.0 Å². The number of hydrogen-bond acceptors (Lipinski definition) is 2. The zero-order valence-electron chi connectivity index (χ0n) is 8.94. The molecule has 1 aromatic carbocycles. The standard InChI is InChI=1S/C12H11Cl2NO2/c13-6-9(14)7-15-10-4-2-1-3-8(10)5-11(15)12(16)17/h1-4,6,11H,5,7H2,(H,16,17)/b9-6-. The minimum Gasteiger partial charge on any atom is -0.480 e. The summed E-state index contributed by atoms with van der Waals surface area (Å²) >= 11 is 11.4. The van der Waals surface area contributed by atoms with Gasteiger partial charge in [0.15, 0.2) is 0 Å². The molecule has 1 aliphatic rings. The molecule has 0 aliphatic carbocycles. The molecule has 1 heterocycles. The van der Waals surface area contributed by atoms with Crippen LogP contribution in [-0.2, 0) is 11.2 Å². The van der Waals surface area contributed by atoms with Gasteiger partial charge in [-0.3, -0.25) is 0 Å². The molecule has 1 N–H and O–H groups in total. The molecule has 0 saturated heterocycles. The van der Waals surface area contributed by atoms with E-state index >= 15 is 0 Å². The summed E-state index contributed by atoms with van der Waals surface area (Å²) in [6.07, 6.45) is 0.498. The third-order valence-electron chi connectivity index (χ3n) is 2.82. The molecule has 0 aromatic heterocycles. The number of carboxylic acid groups (broad SMARTS) is 1. The molecule has 0 bridgehead atoms. The van der Waals surface area contributed by atoms with Gasteiger partial charge in [0.2, 0.25) is 0 Å². The molecule has 0 radical (unpaired) electrons. The van der Waals surface area contributed by atoms with Gasteiger partial charge in [-0.2, -0.15) is 0 Å². The molecule has 0 amide bonds. The molecule has 3 nitrogen and oxygen atoms in total. The molecule has 1 aliphatic heterocycles. The minimum atomic E-state index is -0.847. The van der Waals surface area contributed by atoms with Crippen LogP contribution in [0, 0.1) is 0 Å². The van der Waals surface area contributed by atoms with Crippen molar-refractivity contribution in [3.8, 4) is 0 Å². The molecule has 1 atom stereocenters. The van der Waals surface area contributed by atoms with Gasteiger partial charge in [-0.25, -0.2) is 4.79 Å². The average Bonchev–Trinajstić information content (AvgIpc) is 2.68. The Balaban J connectivity index is 2.33. The van der Waals surface area contributed by atoms with Crippen LogP contribution < -0.4 is 4.90 Å². The van der Waals surface area contributed by atoms with Gasteiger partial charge in [0.05, 0.1) is 6.54 Å². The first-order chi connectivity index (χ1) is 8.13. The average molecular weight is 272 g/mol. The van der Waals surface area contributed by atoms with Crippen molar-refractivity contribution >= 4 is 34.9 Å². The lowest BCUT2D eigenvalue weighted by atomic mass is 10.1. The normalized spacial score (nSPS) is 19.3. The van der Waals surface area contributed by atoms with Crippen molar-refractivity contribution in [3.05, 3.63) is 40.4 Å². The van der Waals surface area contributed by atoms with Gasteiger partial charge >= 0.3 is 5.97 Å². The first-order valence-corrected chi connectivity index (χ1v) is 5.97. The molecule has 0 spiro atoms. The van der Waals surface area contributed by atoms with Crippen LogP contribution in [0.2, 0.25) is 0 Å². The Morgan fingerprint density at radius 2 is 2.24 bits per heavy atom. The maximum absolute atomic E-state index is 11.2. The summed E-state index contributed by atoms with van der Waals surface area (Å²) < 4.78 is 0. The lowest BCUT2D eigenvalue weighted by Crippen LogP contribution is -2.39. The van der Waals surface area contributed by atoms with Crippen molar-refractivity contribution in [1.82, 2.24) is 0 Å². The number of aliphatic carboxylic acids is 1. The molecule has 1 aromatic rings. The van der Waals surface area contributed by atoms with Crippen LogP contribution >= 0.6 is 23.2 Å². The number of rotatable bonds is 3. The van der Waals surface area contributed by atoms with E-state index in [1.807, 2.05) is 24.3 Å². The predicted octanol–water partition coefficient (Wildman–Crippen LogP) is 2.82. The Morgan fingerprint density at radius 1 is 1.53 bits per heavy atom. The fourth-order valence-corrected chi connectivity index (χ4v) is 2.26. The van der Waals surface area contributed by atoms with Crippen molar-refractivity contribution in [2.45, 2.75) is 12.5 Å². The molecular weight excluding hydrogens is 261 g/mol. The molecule has 5 heteroatoms. The van der Waals surface area contributed by atoms with E-state index in [0.29, 0.717) is 18.0 Å². The van der Waals surface area contributed by atoms with Gasteiger partial charge in [-0.1, -0.05) is 41.4 Å². The second-order valence-corrected chi connectivity index (χ2v) is 4.57. The summed E-state index contributed by atoms with van der Waals surface area (Å²) in [4.78, 5) is 13.0. The fourth-order valence-electron chi connectivity index (χ4n) is 2.06. The minimum absolute atomic E-state index is 0.318. The number of benzene rings is 1. The SMILES string of the molecule is O=C(O)C1Cc2ccccc2N1C/C(Cl)=C/Cl. The molecule has 17 heavy (non-hydrogen) atoms. The topological polar surface area (TPSA) is 40.5 Å². The summed E-state index contributed by atoms with van der Waals surface area (Å²) in [5.41, 5.74) is 3.21. The molecule has 2 rings (SSSR count). The van der Waals surface area contributed by atoms with E-state index in [-0.39, 0.29) is 0 Å². The predicted molar refractivity (Wildman–Crippen MR) is 68.7 cm³/mol. The van der Waals surface area contributed by atoms with Crippen LogP contribution in [0.3, 0.4) is 0 Å². The van der Waals surface area contributed by atoms with Crippen LogP contribution in [0.4, 0.5) is 5.69 Å². The van der Waals surface area contributed by atoms with E-state index in [2.05, 4.69) is 0 Å². The Hall–Kier alpha value is -1.19. The maximum atomic E-state index is 11.2. The van der Waals surface area contributed by atoms with Crippen molar-refractivity contribution in [2.24, 2.45) is 0 Å². The number of fused-ring (bicyclic) bond motifs is 1. The number of nitrogens with zero attached hydrogens (tertiary/aromatic N) is 1. The number of para-hydroxylation sites is 1.